The molecule has 0 aromatic heterocycles. The highest BCUT2D eigenvalue weighted by Gasteiger charge is 2.21. The number of carbonyl (C=O) groups is 2. The second-order valence-corrected chi connectivity index (χ2v) is 4.91. The standard InChI is InChI=1S/C16H20O4/c1-2-19-16(18)10-13(17)11-20-15-9-5-7-12-6-3-4-8-14(12)15/h3-4,6,8,15H,2,5,7,9-11H2,1H3. The second kappa shape index (κ2) is 7.20. The maximum atomic E-state index is 11.7. The summed E-state index contributed by atoms with van der Waals surface area (Å²) in [6.07, 6.45) is 2.80. The molecule has 1 atom stereocenters. The minimum Gasteiger partial charge on any atom is -0.466 e. The minimum atomic E-state index is -0.481. The Bertz CT molecular complexity index is 481. The van der Waals surface area contributed by atoms with Gasteiger partial charge in [0.25, 0.3) is 0 Å². The lowest BCUT2D eigenvalue weighted by molar-refractivity contribution is -0.147. The highest BCUT2D eigenvalue weighted by Crippen LogP contribution is 2.32. The lowest BCUT2D eigenvalue weighted by Crippen LogP contribution is -2.19. The van der Waals surface area contributed by atoms with Crippen LogP contribution < -0.4 is 0 Å². The molecule has 1 aromatic carbocycles. The summed E-state index contributed by atoms with van der Waals surface area (Å²) in [6.45, 7) is 1.98. The SMILES string of the molecule is CCOC(=O)CC(=O)COC1CCCc2ccccc21. The Hall–Kier alpha value is -1.68. The van der Waals surface area contributed by atoms with Crippen LogP contribution in [0, 0.1) is 0 Å². The zero-order valence-electron chi connectivity index (χ0n) is 11.8. The third-order valence-electron chi connectivity index (χ3n) is 3.41. The molecule has 2 rings (SSSR count). The first-order chi connectivity index (χ1) is 9.70. The highest BCUT2D eigenvalue weighted by atomic mass is 16.5. The Morgan fingerprint density at radius 3 is 2.90 bits per heavy atom. The molecular formula is C16H20O4. The number of carbonyl (C=O) groups excluding carboxylic acids is 2. The largest absolute Gasteiger partial charge is 0.466 e. The van der Waals surface area contributed by atoms with Gasteiger partial charge in [0.2, 0.25) is 0 Å². The fraction of sp³-hybridized carbons (Fsp3) is 0.500. The zero-order chi connectivity index (χ0) is 14.4. The molecule has 0 radical (unpaired) electrons. The van der Waals surface area contributed by atoms with E-state index in [-0.39, 0.29) is 24.9 Å². The van der Waals surface area contributed by atoms with E-state index in [0.29, 0.717) is 6.61 Å². The normalized spacial score (nSPS) is 17.4. The van der Waals surface area contributed by atoms with Gasteiger partial charge in [-0.05, 0) is 37.3 Å². The van der Waals surface area contributed by atoms with Crippen molar-refractivity contribution in [2.75, 3.05) is 13.2 Å². The van der Waals surface area contributed by atoms with Gasteiger partial charge in [0, 0.05) is 0 Å². The minimum absolute atomic E-state index is 0.0299. The molecule has 108 valence electrons. The van der Waals surface area contributed by atoms with Crippen LogP contribution >= 0.6 is 0 Å². The summed E-state index contributed by atoms with van der Waals surface area (Å²) in [6, 6.07) is 8.16. The van der Waals surface area contributed by atoms with Crippen molar-refractivity contribution in [3.63, 3.8) is 0 Å². The van der Waals surface area contributed by atoms with Gasteiger partial charge in [0.15, 0.2) is 5.78 Å². The third kappa shape index (κ3) is 3.90. The predicted molar refractivity (Wildman–Crippen MR) is 74.3 cm³/mol. The zero-order valence-corrected chi connectivity index (χ0v) is 11.8. The van der Waals surface area contributed by atoms with E-state index >= 15 is 0 Å². The summed E-state index contributed by atoms with van der Waals surface area (Å²) < 4.78 is 10.4. The number of esters is 1. The molecule has 0 saturated carbocycles. The Morgan fingerprint density at radius 2 is 2.10 bits per heavy atom. The lowest BCUT2D eigenvalue weighted by Gasteiger charge is -2.25. The summed E-state index contributed by atoms with van der Waals surface area (Å²) >= 11 is 0. The first kappa shape index (κ1) is 14.7. The van der Waals surface area contributed by atoms with Gasteiger partial charge in [0.1, 0.15) is 13.0 Å². The number of hydrogen-bond acceptors (Lipinski definition) is 4. The Kier molecular flexibility index (Phi) is 5.30. The lowest BCUT2D eigenvalue weighted by atomic mass is 9.89. The van der Waals surface area contributed by atoms with E-state index in [9.17, 15) is 9.59 Å². The molecule has 0 spiro atoms. The number of aryl methyl sites for hydroxylation is 1. The molecule has 0 aliphatic heterocycles. The molecular weight excluding hydrogens is 256 g/mol. The van der Waals surface area contributed by atoms with Crippen molar-refractivity contribution in [2.24, 2.45) is 0 Å². The van der Waals surface area contributed by atoms with Crippen LogP contribution in [0.2, 0.25) is 0 Å². The smallest absolute Gasteiger partial charge is 0.313 e. The van der Waals surface area contributed by atoms with Crippen LogP contribution in [0.3, 0.4) is 0 Å². The third-order valence-corrected chi connectivity index (χ3v) is 3.41. The van der Waals surface area contributed by atoms with Crippen molar-refractivity contribution >= 4 is 11.8 Å². The molecule has 4 nitrogen and oxygen atoms in total. The maximum Gasteiger partial charge on any atom is 0.313 e. The first-order valence-corrected chi connectivity index (χ1v) is 7.07. The molecule has 1 aromatic rings. The van der Waals surface area contributed by atoms with Crippen LogP contribution in [0.5, 0.6) is 0 Å². The number of hydrogen-bond donors (Lipinski definition) is 0. The fourth-order valence-electron chi connectivity index (χ4n) is 2.50. The van der Waals surface area contributed by atoms with Crippen molar-refractivity contribution in [3.8, 4) is 0 Å². The monoisotopic (exact) mass is 276 g/mol. The van der Waals surface area contributed by atoms with Gasteiger partial charge in [-0.2, -0.15) is 0 Å². The second-order valence-electron chi connectivity index (χ2n) is 4.91. The Morgan fingerprint density at radius 1 is 1.30 bits per heavy atom. The van der Waals surface area contributed by atoms with Gasteiger partial charge in [-0.15, -0.1) is 0 Å². The molecule has 4 heteroatoms. The van der Waals surface area contributed by atoms with E-state index in [4.69, 9.17) is 9.47 Å². The van der Waals surface area contributed by atoms with Gasteiger partial charge in [0.05, 0.1) is 12.7 Å². The quantitative estimate of drug-likeness (QED) is 0.592. The molecule has 1 unspecified atom stereocenters. The van der Waals surface area contributed by atoms with E-state index in [2.05, 4.69) is 12.1 Å². The van der Waals surface area contributed by atoms with Gasteiger partial charge in [-0.25, -0.2) is 0 Å². The van der Waals surface area contributed by atoms with Crippen LogP contribution in [0.1, 0.15) is 43.4 Å². The first-order valence-electron chi connectivity index (χ1n) is 7.07. The molecule has 1 aliphatic rings. The van der Waals surface area contributed by atoms with Crippen molar-refractivity contribution in [2.45, 2.75) is 38.7 Å². The number of rotatable bonds is 6. The molecule has 0 N–H and O–H groups in total. The summed E-state index contributed by atoms with van der Waals surface area (Å²) in [7, 11) is 0. The Labute approximate surface area is 119 Å². The number of fused-ring (bicyclic) bond motifs is 1. The number of ether oxygens (including phenoxy) is 2. The molecule has 0 bridgehead atoms. The molecule has 0 fully saturated rings. The highest BCUT2D eigenvalue weighted by molar-refractivity contribution is 5.96. The van der Waals surface area contributed by atoms with Crippen molar-refractivity contribution in [1.82, 2.24) is 0 Å². The topological polar surface area (TPSA) is 52.6 Å². The predicted octanol–water partition coefficient (Wildman–Crippen LogP) is 2.60. The summed E-state index contributed by atoms with van der Waals surface area (Å²) in [5.41, 5.74) is 2.46. The van der Waals surface area contributed by atoms with E-state index < -0.39 is 5.97 Å². The summed E-state index contributed by atoms with van der Waals surface area (Å²) in [5, 5.41) is 0. The maximum absolute atomic E-state index is 11.7. The van der Waals surface area contributed by atoms with E-state index in [1.54, 1.807) is 6.92 Å². The number of benzene rings is 1. The number of Topliss-reactive ketones (excluding diaryl/α,β-unsaturated/α-hetero) is 1. The molecule has 20 heavy (non-hydrogen) atoms. The fourth-order valence-corrected chi connectivity index (χ4v) is 2.50. The molecule has 0 heterocycles. The van der Waals surface area contributed by atoms with Gasteiger partial charge < -0.3 is 9.47 Å². The number of ketones is 1. The van der Waals surface area contributed by atoms with Crippen molar-refractivity contribution in [1.29, 1.82) is 0 Å². The van der Waals surface area contributed by atoms with Gasteiger partial charge in [-0.3, -0.25) is 9.59 Å². The van der Waals surface area contributed by atoms with Crippen molar-refractivity contribution in [3.05, 3.63) is 35.4 Å². The van der Waals surface area contributed by atoms with Crippen molar-refractivity contribution < 1.29 is 19.1 Å². The van der Waals surface area contributed by atoms with E-state index in [0.717, 1.165) is 19.3 Å². The Balaban J connectivity index is 1.86. The van der Waals surface area contributed by atoms with Crippen LogP contribution in [0.25, 0.3) is 0 Å². The molecule has 0 amide bonds. The molecule has 1 aliphatic carbocycles. The van der Waals surface area contributed by atoms with Crippen LogP contribution in [-0.2, 0) is 25.5 Å². The van der Waals surface area contributed by atoms with Gasteiger partial charge in [-0.1, -0.05) is 24.3 Å². The van der Waals surface area contributed by atoms with E-state index in [1.807, 2.05) is 12.1 Å². The van der Waals surface area contributed by atoms with Crippen LogP contribution in [0.4, 0.5) is 0 Å². The van der Waals surface area contributed by atoms with Gasteiger partial charge >= 0.3 is 5.97 Å². The van der Waals surface area contributed by atoms with Crippen LogP contribution in [-0.4, -0.2) is 25.0 Å². The average Bonchev–Trinajstić information content (AvgIpc) is 2.45. The summed E-state index contributed by atoms with van der Waals surface area (Å²) in [5.74, 6) is -0.711. The summed E-state index contributed by atoms with van der Waals surface area (Å²) in [4.78, 5) is 22.9. The average molecular weight is 276 g/mol. The molecule has 0 saturated heterocycles. The van der Waals surface area contributed by atoms with E-state index in [1.165, 1.54) is 11.1 Å². The van der Waals surface area contributed by atoms with Crippen LogP contribution in [0.15, 0.2) is 24.3 Å².